The summed E-state index contributed by atoms with van der Waals surface area (Å²) < 4.78 is 2.04. The minimum atomic E-state index is -0.359. The lowest BCUT2D eigenvalue weighted by molar-refractivity contribution is -0.385. The van der Waals surface area contributed by atoms with Crippen LogP contribution in [0.2, 0.25) is 0 Å². The number of fused-ring (bicyclic) bond motifs is 1. The molecule has 1 aromatic carbocycles. The fraction of sp³-hybridized carbons (Fsp3) is 0.214. The Labute approximate surface area is 125 Å². The summed E-state index contributed by atoms with van der Waals surface area (Å²) in [5.41, 5.74) is 3.55. The highest BCUT2D eigenvalue weighted by Crippen LogP contribution is 2.23. The maximum absolute atomic E-state index is 11.0. The molecule has 0 saturated carbocycles. The number of nitrogens with zero attached hydrogens (tertiary/aromatic N) is 3. The third-order valence-corrected chi connectivity index (χ3v) is 4.18. The van der Waals surface area contributed by atoms with E-state index in [-0.39, 0.29) is 10.6 Å². The number of hydrogen-bond donors (Lipinski definition) is 1. The fourth-order valence-electron chi connectivity index (χ4n) is 2.26. The monoisotopic (exact) mass is 302 g/mol. The SMILES string of the molecule is Cc1ccc(NCc2c(C)nc3sccn23)cc1[N+](=O)[O-]. The van der Waals surface area contributed by atoms with E-state index in [1.807, 2.05) is 29.0 Å². The Morgan fingerprint density at radius 3 is 3.00 bits per heavy atom. The van der Waals surface area contributed by atoms with Crippen LogP contribution in [0.5, 0.6) is 0 Å². The lowest BCUT2D eigenvalue weighted by Crippen LogP contribution is -2.04. The van der Waals surface area contributed by atoms with Crippen molar-refractivity contribution in [2.45, 2.75) is 20.4 Å². The smallest absolute Gasteiger partial charge is 0.274 e. The number of anilines is 1. The summed E-state index contributed by atoms with van der Waals surface area (Å²) in [6.07, 6.45) is 1.98. The Bertz CT molecular complexity index is 822. The Morgan fingerprint density at radius 2 is 2.24 bits per heavy atom. The summed E-state index contributed by atoms with van der Waals surface area (Å²) in [6, 6.07) is 5.17. The number of thiazole rings is 1. The van der Waals surface area contributed by atoms with Gasteiger partial charge >= 0.3 is 0 Å². The second-order valence-electron chi connectivity index (χ2n) is 4.81. The number of aromatic nitrogens is 2. The van der Waals surface area contributed by atoms with Gasteiger partial charge in [0.1, 0.15) is 0 Å². The molecular formula is C14H14N4O2S. The van der Waals surface area contributed by atoms with Gasteiger partial charge in [0, 0.05) is 28.9 Å². The molecule has 0 aliphatic rings. The molecule has 7 heteroatoms. The van der Waals surface area contributed by atoms with Gasteiger partial charge in [-0.05, 0) is 19.9 Å². The molecule has 0 amide bonds. The van der Waals surface area contributed by atoms with Crippen molar-refractivity contribution in [2.24, 2.45) is 0 Å². The van der Waals surface area contributed by atoms with Crippen LogP contribution in [0, 0.1) is 24.0 Å². The molecule has 0 spiro atoms. The van der Waals surface area contributed by atoms with E-state index in [4.69, 9.17) is 0 Å². The van der Waals surface area contributed by atoms with Gasteiger partial charge in [-0.15, -0.1) is 11.3 Å². The van der Waals surface area contributed by atoms with Gasteiger partial charge in [0.05, 0.1) is 22.9 Å². The summed E-state index contributed by atoms with van der Waals surface area (Å²) in [4.78, 5) is 16.0. The quantitative estimate of drug-likeness (QED) is 0.591. The number of aryl methyl sites for hydroxylation is 2. The summed E-state index contributed by atoms with van der Waals surface area (Å²) in [5.74, 6) is 0. The molecule has 0 saturated heterocycles. The van der Waals surface area contributed by atoms with Gasteiger partial charge in [-0.3, -0.25) is 14.5 Å². The van der Waals surface area contributed by atoms with E-state index < -0.39 is 0 Å². The van der Waals surface area contributed by atoms with Gasteiger partial charge in [0.25, 0.3) is 5.69 Å². The van der Waals surface area contributed by atoms with Crippen LogP contribution in [-0.4, -0.2) is 14.3 Å². The van der Waals surface area contributed by atoms with E-state index >= 15 is 0 Å². The van der Waals surface area contributed by atoms with Crippen LogP contribution in [0.1, 0.15) is 17.0 Å². The second kappa shape index (κ2) is 5.17. The first-order valence-corrected chi connectivity index (χ1v) is 7.34. The van der Waals surface area contributed by atoms with Crippen LogP contribution in [-0.2, 0) is 6.54 Å². The molecule has 0 aliphatic heterocycles. The van der Waals surface area contributed by atoms with Crippen LogP contribution < -0.4 is 5.32 Å². The minimum absolute atomic E-state index is 0.130. The third-order valence-electron chi connectivity index (χ3n) is 3.43. The van der Waals surface area contributed by atoms with E-state index in [1.54, 1.807) is 30.4 Å². The summed E-state index contributed by atoms with van der Waals surface area (Å²) in [5, 5.41) is 16.2. The van der Waals surface area contributed by atoms with E-state index in [9.17, 15) is 10.1 Å². The largest absolute Gasteiger partial charge is 0.379 e. The molecule has 2 aromatic heterocycles. The number of hydrogen-bond acceptors (Lipinski definition) is 5. The van der Waals surface area contributed by atoms with Gasteiger partial charge < -0.3 is 5.32 Å². The first-order valence-electron chi connectivity index (χ1n) is 6.46. The van der Waals surface area contributed by atoms with Crippen molar-refractivity contribution >= 4 is 27.7 Å². The predicted molar refractivity (Wildman–Crippen MR) is 83.0 cm³/mol. The van der Waals surface area contributed by atoms with Crippen molar-refractivity contribution in [1.29, 1.82) is 0 Å². The van der Waals surface area contributed by atoms with E-state index in [0.29, 0.717) is 12.1 Å². The van der Waals surface area contributed by atoms with Crippen LogP contribution in [0.3, 0.4) is 0 Å². The average molecular weight is 302 g/mol. The molecule has 0 unspecified atom stereocenters. The van der Waals surface area contributed by atoms with Gasteiger partial charge in [-0.1, -0.05) is 6.07 Å². The number of benzene rings is 1. The molecule has 3 rings (SSSR count). The first-order chi connectivity index (χ1) is 10.1. The molecular weight excluding hydrogens is 288 g/mol. The van der Waals surface area contributed by atoms with Crippen molar-refractivity contribution in [3.05, 3.63) is 56.8 Å². The highest BCUT2D eigenvalue weighted by Gasteiger charge is 2.12. The Morgan fingerprint density at radius 1 is 1.43 bits per heavy atom. The number of nitrogens with one attached hydrogen (secondary N) is 1. The van der Waals surface area contributed by atoms with E-state index in [0.717, 1.165) is 22.0 Å². The lowest BCUT2D eigenvalue weighted by atomic mass is 10.2. The molecule has 6 nitrogen and oxygen atoms in total. The van der Waals surface area contributed by atoms with Crippen molar-refractivity contribution in [3.8, 4) is 0 Å². The Hall–Kier alpha value is -2.41. The topological polar surface area (TPSA) is 72.5 Å². The summed E-state index contributed by atoms with van der Waals surface area (Å²) in [7, 11) is 0. The first kappa shape index (κ1) is 13.6. The van der Waals surface area contributed by atoms with Crippen molar-refractivity contribution < 1.29 is 4.92 Å². The van der Waals surface area contributed by atoms with Crippen molar-refractivity contribution in [3.63, 3.8) is 0 Å². The third kappa shape index (κ3) is 2.47. The molecule has 0 bridgehead atoms. The molecule has 0 radical (unpaired) electrons. The molecule has 21 heavy (non-hydrogen) atoms. The molecule has 0 atom stereocenters. The molecule has 2 heterocycles. The van der Waals surface area contributed by atoms with Crippen LogP contribution in [0.15, 0.2) is 29.8 Å². The van der Waals surface area contributed by atoms with Gasteiger partial charge in [-0.2, -0.15) is 0 Å². The fourth-order valence-corrected chi connectivity index (χ4v) is 3.03. The lowest BCUT2D eigenvalue weighted by Gasteiger charge is -2.07. The molecule has 3 aromatic rings. The molecule has 1 N–H and O–H groups in total. The highest BCUT2D eigenvalue weighted by atomic mass is 32.1. The van der Waals surface area contributed by atoms with Crippen LogP contribution in [0.4, 0.5) is 11.4 Å². The summed E-state index contributed by atoms with van der Waals surface area (Å²) >= 11 is 1.59. The molecule has 0 aliphatic carbocycles. The van der Waals surface area contributed by atoms with Crippen LogP contribution in [0.25, 0.3) is 4.96 Å². The molecule has 0 fully saturated rings. The maximum atomic E-state index is 11.0. The highest BCUT2D eigenvalue weighted by molar-refractivity contribution is 7.15. The van der Waals surface area contributed by atoms with Gasteiger partial charge in [0.15, 0.2) is 4.96 Å². The zero-order valence-corrected chi connectivity index (χ0v) is 12.5. The van der Waals surface area contributed by atoms with Crippen molar-refractivity contribution in [1.82, 2.24) is 9.38 Å². The summed E-state index contributed by atoms with van der Waals surface area (Å²) in [6.45, 7) is 4.27. The number of nitro groups is 1. The maximum Gasteiger partial charge on any atom is 0.274 e. The molecule has 108 valence electrons. The predicted octanol–water partition coefficient (Wildman–Crippen LogP) is 3.53. The van der Waals surface area contributed by atoms with Gasteiger partial charge in [0.2, 0.25) is 0 Å². The Balaban J connectivity index is 1.85. The average Bonchev–Trinajstić information content (AvgIpc) is 2.98. The van der Waals surface area contributed by atoms with Crippen molar-refractivity contribution in [2.75, 3.05) is 5.32 Å². The van der Waals surface area contributed by atoms with E-state index in [2.05, 4.69) is 10.3 Å². The van der Waals surface area contributed by atoms with E-state index in [1.165, 1.54) is 0 Å². The standard InChI is InChI=1S/C14H14N4O2S/c1-9-3-4-11(7-12(9)18(19)20)15-8-13-10(2)16-14-17(13)5-6-21-14/h3-7,15H,8H2,1-2H3. The zero-order chi connectivity index (χ0) is 15.0. The van der Waals surface area contributed by atoms with Gasteiger partial charge in [-0.25, -0.2) is 4.98 Å². The number of imidazole rings is 1. The Kier molecular flexibility index (Phi) is 3.34. The minimum Gasteiger partial charge on any atom is -0.379 e. The zero-order valence-electron chi connectivity index (χ0n) is 11.7. The normalized spacial score (nSPS) is 11.0. The second-order valence-corrected chi connectivity index (χ2v) is 5.68. The number of rotatable bonds is 4. The number of nitro benzene ring substituents is 1. The van der Waals surface area contributed by atoms with Crippen LogP contribution >= 0.6 is 11.3 Å².